The lowest BCUT2D eigenvalue weighted by Gasteiger charge is -2.37. The van der Waals surface area contributed by atoms with Crippen molar-refractivity contribution in [2.45, 2.75) is 82.5 Å². The lowest BCUT2D eigenvalue weighted by molar-refractivity contribution is -0.137. The van der Waals surface area contributed by atoms with E-state index in [9.17, 15) is 31.2 Å². The molecule has 1 saturated carbocycles. The van der Waals surface area contributed by atoms with Crippen LogP contribution in [0.5, 0.6) is 0 Å². The fourth-order valence-corrected chi connectivity index (χ4v) is 6.52. The minimum Gasteiger partial charge on any atom is -0.444 e. The number of fused-ring (bicyclic) bond motifs is 1. The van der Waals surface area contributed by atoms with E-state index in [4.69, 9.17) is 4.74 Å². The first kappa shape index (κ1) is 26.3. The molecule has 2 aliphatic rings. The first-order valence-electron chi connectivity index (χ1n) is 11.3. The van der Waals surface area contributed by atoms with Crippen molar-refractivity contribution < 1.29 is 35.9 Å². The SMILES string of the molecule is CCS(=O)(=O)[C@]1(C(=O)N2CCc3ccc(C(F)(F)F)cc3C2)CC[C@@H](NC(=O)OC(C)(C)C)C1. The van der Waals surface area contributed by atoms with Crippen LogP contribution >= 0.6 is 0 Å². The monoisotopic (exact) mass is 504 g/mol. The van der Waals surface area contributed by atoms with Gasteiger partial charge in [-0.25, -0.2) is 13.2 Å². The Labute approximate surface area is 197 Å². The molecule has 7 nitrogen and oxygen atoms in total. The molecule has 1 fully saturated rings. The molecule has 2 amide bonds. The lowest BCUT2D eigenvalue weighted by Crippen LogP contribution is -2.55. The molecule has 0 unspecified atom stereocenters. The topological polar surface area (TPSA) is 92.8 Å². The van der Waals surface area contributed by atoms with Crippen LogP contribution in [0.25, 0.3) is 0 Å². The van der Waals surface area contributed by atoms with Crippen molar-refractivity contribution in [3.8, 4) is 0 Å². The maximum atomic E-state index is 13.7. The van der Waals surface area contributed by atoms with Crippen molar-refractivity contribution in [3.05, 3.63) is 34.9 Å². The standard InChI is InChI=1S/C23H31F3N2O5S/c1-5-34(31,32)22(10-8-18(13-22)27-20(30)33-21(2,3)4)19(29)28-11-9-15-6-7-17(23(24,25)26)12-16(15)14-28/h6-7,12,18H,5,8-11,13-14H2,1-4H3,(H,27,30)/t18-,22-/m1/s1. The Morgan fingerprint density at radius 1 is 1.21 bits per heavy atom. The van der Waals surface area contributed by atoms with Gasteiger partial charge in [-0.2, -0.15) is 13.2 Å². The molecule has 0 bridgehead atoms. The minimum absolute atomic E-state index is 0.0222. The molecule has 1 aliphatic carbocycles. The van der Waals surface area contributed by atoms with Gasteiger partial charge in [0.25, 0.3) is 0 Å². The molecular weight excluding hydrogens is 473 g/mol. The number of ether oxygens (including phenoxy) is 1. The molecule has 2 atom stereocenters. The number of hydrogen-bond donors (Lipinski definition) is 1. The van der Waals surface area contributed by atoms with Gasteiger partial charge in [0.2, 0.25) is 5.91 Å². The molecule has 34 heavy (non-hydrogen) atoms. The highest BCUT2D eigenvalue weighted by molar-refractivity contribution is 7.93. The average Bonchev–Trinajstić information content (AvgIpc) is 3.15. The number of nitrogens with zero attached hydrogens (tertiary/aromatic N) is 1. The van der Waals surface area contributed by atoms with Crippen molar-refractivity contribution in [2.75, 3.05) is 12.3 Å². The normalized spacial score (nSPS) is 23.4. The second-order valence-electron chi connectivity index (χ2n) is 9.94. The van der Waals surface area contributed by atoms with Crippen LogP contribution in [0, 0.1) is 0 Å². The summed E-state index contributed by atoms with van der Waals surface area (Å²) in [5, 5.41) is 2.66. The van der Waals surface area contributed by atoms with E-state index in [1.165, 1.54) is 17.9 Å². The largest absolute Gasteiger partial charge is 0.444 e. The molecule has 0 radical (unpaired) electrons. The number of carbonyl (C=O) groups excluding carboxylic acids is 2. The quantitative estimate of drug-likeness (QED) is 0.673. The molecule has 0 aromatic heterocycles. The van der Waals surface area contributed by atoms with Crippen LogP contribution in [0.4, 0.5) is 18.0 Å². The van der Waals surface area contributed by atoms with Crippen LogP contribution in [0.15, 0.2) is 18.2 Å². The van der Waals surface area contributed by atoms with Gasteiger partial charge in [0.05, 0.1) is 5.56 Å². The molecule has 1 N–H and O–H groups in total. The minimum atomic E-state index is -4.51. The van der Waals surface area contributed by atoms with Gasteiger partial charge < -0.3 is 15.0 Å². The maximum absolute atomic E-state index is 13.7. The summed E-state index contributed by atoms with van der Waals surface area (Å²) in [6.07, 6.45) is -4.68. The molecule has 1 aromatic rings. The van der Waals surface area contributed by atoms with Gasteiger partial charge >= 0.3 is 12.3 Å². The van der Waals surface area contributed by atoms with Crippen LogP contribution < -0.4 is 5.32 Å². The Morgan fingerprint density at radius 2 is 1.88 bits per heavy atom. The fraction of sp³-hybridized carbons (Fsp3) is 0.652. The fourth-order valence-electron chi connectivity index (χ4n) is 4.69. The van der Waals surface area contributed by atoms with Crippen LogP contribution in [0.2, 0.25) is 0 Å². The Morgan fingerprint density at radius 3 is 2.47 bits per heavy atom. The average molecular weight is 505 g/mol. The number of carbonyl (C=O) groups is 2. The Balaban J connectivity index is 1.84. The number of sulfone groups is 1. The van der Waals surface area contributed by atoms with E-state index in [-0.39, 0.29) is 38.1 Å². The molecule has 1 aliphatic heterocycles. The summed E-state index contributed by atoms with van der Waals surface area (Å²) in [5.74, 6) is -0.883. The summed E-state index contributed by atoms with van der Waals surface area (Å²) in [5.41, 5.74) is -0.471. The second kappa shape index (κ2) is 9.05. The highest BCUT2D eigenvalue weighted by atomic mass is 32.2. The molecule has 11 heteroatoms. The summed E-state index contributed by atoms with van der Waals surface area (Å²) in [4.78, 5) is 27.2. The van der Waals surface area contributed by atoms with Crippen molar-refractivity contribution in [1.82, 2.24) is 10.2 Å². The smallest absolute Gasteiger partial charge is 0.416 e. The van der Waals surface area contributed by atoms with Crippen LogP contribution in [0.3, 0.4) is 0 Å². The Bertz CT molecular complexity index is 1070. The predicted molar refractivity (Wildman–Crippen MR) is 120 cm³/mol. The molecule has 3 rings (SSSR count). The highest BCUT2D eigenvalue weighted by Gasteiger charge is 2.56. The predicted octanol–water partition coefficient (Wildman–Crippen LogP) is 3.84. The highest BCUT2D eigenvalue weighted by Crippen LogP contribution is 2.41. The van der Waals surface area contributed by atoms with Crippen LogP contribution in [-0.4, -0.2) is 54.0 Å². The summed E-state index contributed by atoms with van der Waals surface area (Å²) in [7, 11) is -3.88. The number of amides is 2. The number of hydrogen-bond acceptors (Lipinski definition) is 5. The van der Waals surface area contributed by atoms with E-state index in [1.54, 1.807) is 20.8 Å². The summed E-state index contributed by atoms with van der Waals surface area (Å²) in [6.45, 7) is 6.69. The van der Waals surface area contributed by atoms with Gasteiger partial charge in [0.1, 0.15) is 5.60 Å². The first-order chi connectivity index (χ1) is 15.6. The van der Waals surface area contributed by atoms with E-state index in [0.717, 1.165) is 12.1 Å². The third-order valence-corrected chi connectivity index (χ3v) is 8.89. The maximum Gasteiger partial charge on any atom is 0.416 e. The number of rotatable bonds is 4. The van der Waals surface area contributed by atoms with Gasteiger partial charge in [0, 0.05) is 24.9 Å². The summed E-state index contributed by atoms with van der Waals surface area (Å²) >= 11 is 0. The third-order valence-electron chi connectivity index (χ3n) is 6.39. The first-order valence-corrected chi connectivity index (χ1v) is 12.9. The van der Waals surface area contributed by atoms with E-state index in [0.29, 0.717) is 17.5 Å². The number of benzene rings is 1. The Hall–Kier alpha value is -2.30. The third kappa shape index (κ3) is 5.34. The number of alkyl halides is 3. The molecular formula is C23H31F3N2O5S. The van der Waals surface area contributed by atoms with Gasteiger partial charge in [-0.1, -0.05) is 13.0 Å². The zero-order valence-corrected chi connectivity index (χ0v) is 20.6. The van der Waals surface area contributed by atoms with E-state index in [1.807, 2.05) is 0 Å². The molecule has 0 saturated heterocycles. The van der Waals surface area contributed by atoms with Crippen LogP contribution in [-0.2, 0) is 38.5 Å². The zero-order valence-electron chi connectivity index (χ0n) is 19.8. The lowest BCUT2D eigenvalue weighted by atomic mass is 9.95. The van der Waals surface area contributed by atoms with Gasteiger partial charge in [-0.15, -0.1) is 0 Å². The van der Waals surface area contributed by atoms with Crippen molar-refractivity contribution in [3.63, 3.8) is 0 Å². The Kier molecular flexibility index (Phi) is 7.00. The summed E-state index contributed by atoms with van der Waals surface area (Å²) in [6, 6.07) is 2.88. The van der Waals surface area contributed by atoms with E-state index < -0.39 is 50.0 Å². The van der Waals surface area contributed by atoms with Crippen LogP contribution in [0.1, 0.15) is 63.6 Å². The number of halogens is 3. The zero-order chi connectivity index (χ0) is 25.5. The van der Waals surface area contributed by atoms with Crippen molar-refractivity contribution in [2.24, 2.45) is 0 Å². The molecule has 1 heterocycles. The molecule has 190 valence electrons. The van der Waals surface area contributed by atoms with E-state index in [2.05, 4.69) is 5.32 Å². The van der Waals surface area contributed by atoms with Crippen molar-refractivity contribution in [1.29, 1.82) is 0 Å². The summed E-state index contributed by atoms with van der Waals surface area (Å²) < 4.78 is 69.3. The van der Waals surface area contributed by atoms with Gasteiger partial charge in [0.15, 0.2) is 14.6 Å². The van der Waals surface area contributed by atoms with Gasteiger partial charge in [-0.3, -0.25) is 4.79 Å². The second-order valence-corrected chi connectivity index (χ2v) is 12.5. The number of alkyl carbamates (subject to hydrolysis) is 1. The van der Waals surface area contributed by atoms with Gasteiger partial charge in [-0.05, 0) is 69.7 Å². The number of nitrogens with one attached hydrogen (secondary N) is 1. The van der Waals surface area contributed by atoms with Crippen molar-refractivity contribution >= 4 is 21.8 Å². The molecule has 1 aromatic carbocycles. The molecule has 0 spiro atoms. The van der Waals surface area contributed by atoms with E-state index >= 15 is 0 Å².